The van der Waals surface area contributed by atoms with Gasteiger partial charge in [0.05, 0.1) is 18.6 Å². The minimum atomic E-state index is -0.518. The highest BCUT2D eigenvalue weighted by atomic mass is 16.5. The van der Waals surface area contributed by atoms with Gasteiger partial charge in [0.2, 0.25) is 0 Å². The SMILES string of the molecule is CCOC(=O)C(c1ccc(-c2ccccc2)cc1)n1cnc(C)c1. The summed E-state index contributed by atoms with van der Waals surface area (Å²) in [6.07, 6.45) is 3.52. The summed E-state index contributed by atoms with van der Waals surface area (Å²) < 4.78 is 7.05. The standard InChI is InChI=1S/C20H20N2O2/c1-3-24-20(23)19(22-13-15(2)21-14-22)18-11-9-17(10-12-18)16-7-5-4-6-8-16/h4-14,19H,3H2,1-2H3. The summed E-state index contributed by atoms with van der Waals surface area (Å²) >= 11 is 0. The van der Waals surface area contributed by atoms with Crippen LogP contribution in [0.1, 0.15) is 24.2 Å². The number of hydrogen-bond donors (Lipinski definition) is 0. The van der Waals surface area contributed by atoms with E-state index in [9.17, 15) is 4.79 Å². The van der Waals surface area contributed by atoms with Crippen molar-refractivity contribution >= 4 is 5.97 Å². The van der Waals surface area contributed by atoms with E-state index in [1.165, 1.54) is 0 Å². The molecule has 122 valence electrons. The van der Waals surface area contributed by atoms with E-state index in [4.69, 9.17) is 4.74 Å². The van der Waals surface area contributed by atoms with E-state index in [0.29, 0.717) is 6.61 Å². The van der Waals surface area contributed by atoms with Crippen LogP contribution in [0.2, 0.25) is 0 Å². The van der Waals surface area contributed by atoms with Crippen molar-refractivity contribution in [3.05, 3.63) is 78.4 Å². The molecule has 0 radical (unpaired) electrons. The van der Waals surface area contributed by atoms with Crippen LogP contribution in [0.25, 0.3) is 11.1 Å². The minimum absolute atomic E-state index is 0.276. The molecule has 0 spiro atoms. The van der Waals surface area contributed by atoms with Crippen LogP contribution in [0.15, 0.2) is 67.1 Å². The zero-order valence-corrected chi connectivity index (χ0v) is 13.8. The van der Waals surface area contributed by atoms with Crippen molar-refractivity contribution in [1.82, 2.24) is 9.55 Å². The molecule has 1 aromatic heterocycles. The summed E-state index contributed by atoms with van der Waals surface area (Å²) in [5.74, 6) is -0.276. The van der Waals surface area contributed by atoms with Gasteiger partial charge in [-0.1, -0.05) is 54.6 Å². The number of esters is 1. The van der Waals surface area contributed by atoms with Crippen LogP contribution in [0.4, 0.5) is 0 Å². The number of carbonyl (C=O) groups is 1. The third-order valence-electron chi connectivity index (χ3n) is 3.87. The molecule has 3 rings (SSSR count). The number of carbonyl (C=O) groups excluding carboxylic acids is 1. The molecule has 4 heteroatoms. The van der Waals surface area contributed by atoms with Crippen LogP contribution in [0.3, 0.4) is 0 Å². The Kier molecular flexibility index (Phi) is 4.75. The second-order valence-corrected chi connectivity index (χ2v) is 5.60. The molecule has 0 aliphatic carbocycles. The molecule has 0 N–H and O–H groups in total. The molecular formula is C20H20N2O2. The van der Waals surface area contributed by atoms with E-state index in [-0.39, 0.29) is 5.97 Å². The molecule has 24 heavy (non-hydrogen) atoms. The third-order valence-corrected chi connectivity index (χ3v) is 3.87. The lowest BCUT2D eigenvalue weighted by atomic mass is 10.0. The molecule has 0 aliphatic rings. The first-order valence-electron chi connectivity index (χ1n) is 8.01. The van der Waals surface area contributed by atoms with Gasteiger partial charge in [-0.3, -0.25) is 0 Å². The predicted octanol–water partition coefficient (Wildman–Crippen LogP) is 4.01. The second kappa shape index (κ2) is 7.13. The van der Waals surface area contributed by atoms with Gasteiger partial charge < -0.3 is 9.30 Å². The number of aryl methyl sites for hydroxylation is 1. The highest BCUT2D eigenvalue weighted by Crippen LogP contribution is 2.25. The van der Waals surface area contributed by atoms with Gasteiger partial charge in [0.1, 0.15) is 0 Å². The molecule has 2 aromatic carbocycles. The fourth-order valence-electron chi connectivity index (χ4n) is 2.72. The summed E-state index contributed by atoms with van der Waals surface area (Å²) in [6, 6.07) is 17.6. The average Bonchev–Trinajstić information content (AvgIpc) is 3.03. The topological polar surface area (TPSA) is 44.1 Å². The van der Waals surface area contributed by atoms with Crippen molar-refractivity contribution in [3.8, 4) is 11.1 Å². The fraction of sp³-hybridized carbons (Fsp3) is 0.200. The Hall–Kier alpha value is -2.88. The van der Waals surface area contributed by atoms with Crippen molar-refractivity contribution in [1.29, 1.82) is 0 Å². The smallest absolute Gasteiger partial charge is 0.333 e. The summed E-state index contributed by atoms with van der Waals surface area (Å²) in [6.45, 7) is 4.06. The van der Waals surface area contributed by atoms with Crippen LogP contribution >= 0.6 is 0 Å². The molecule has 0 bridgehead atoms. The summed E-state index contributed by atoms with van der Waals surface area (Å²) in [4.78, 5) is 16.7. The van der Waals surface area contributed by atoms with E-state index in [0.717, 1.165) is 22.4 Å². The molecule has 0 aliphatic heterocycles. The van der Waals surface area contributed by atoms with E-state index >= 15 is 0 Å². The maximum absolute atomic E-state index is 12.4. The van der Waals surface area contributed by atoms with Crippen molar-refractivity contribution in [2.45, 2.75) is 19.9 Å². The minimum Gasteiger partial charge on any atom is -0.464 e. The van der Waals surface area contributed by atoms with E-state index < -0.39 is 6.04 Å². The number of ether oxygens (including phenoxy) is 1. The van der Waals surface area contributed by atoms with Crippen LogP contribution in [-0.4, -0.2) is 22.1 Å². The van der Waals surface area contributed by atoms with Gasteiger partial charge in [0, 0.05) is 6.20 Å². The maximum atomic E-state index is 12.4. The second-order valence-electron chi connectivity index (χ2n) is 5.60. The Morgan fingerprint density at radius 2 is 1.75 bits per heavy atom. The largest absolute Gasteiger partial charge is 0.464 e. The number of hydrogen-bond acceptors (Lipinski definition) is 3. The van der Waals surface area contributed by atoms with E-state index in [1.54, 1.807) is 10.9 Å². The van der Waals surface area contributed by atoms with Crippen molar-refractivity contribution in [3.63, 3.8) is 0 Å². The summed E-state index contributed by atoms with van der Waals surface area (Å²) in [7, 11) is 0. The highest BCUT2D eigenvalue weighted by molar-refractivity contribution is 5.78. The molecular weight excluding hydrogens is 300 g/mol. The maximum Gasteiger partial charge on any atom is 0.333 e. The van der Waals surface area contributed by atoms with Crippen LogP contribution in [-0.2, 0) is 9.53 Å². The lowest BCUT2D eigenvalue weighted by Gasteiger charge is -2.17. The molecule has 0 amide bonds. The summed E-state index contributed by atoms with van der Waals surface area (Å²) in [5, 5.41) is 0. The quantitative estimate of drug-likeness (QED) is 0.667. The normalized spacial score (nSPS) is 11.9. The molecule has 1 unspecified atom stereocenters. The first-order chi connectivity index (χ1) is 11.7. The zero-order valence-electron chi connectivity index (χ0n) is 13.8. The van der Waals surface area contributed by atoms with Gasteiger partial charge in [-0.25, -0.2) is 9.78 Å². The lowest BCUT2D eigenvalue weighted by Crippen LogP contribution is -2.22. The molecule has 1 heterocycles. The van der Waals surface area contributed by atoms with E-state index in [2.05, 4.69) is 17.1 Å². The van der Waals surface area contributed by atoms with Gasteiger partial charge in [-0.05, 0) is 30.5 Å². The molecule has 0 saturated heterocycles. The van der Waals surface area contributed by atoms with Crippen molar-refractivity contribution in [2.75, 3.05) is 6.61 Å². The Morgan fingerprint density at radius 1 is 1.08 bits per heavy atom. The summed E-state index contributed by atoms with van der Waals surface area (Å²) in [5.41, 5.74) is 4.01. The van der Waals surface area contributed by atoms with Crippen LogP contribution < -0.4 is 0 Å². The highest BCUT2D eigenvalue weighted by Gasteiger charge is 2.24. The van der Waals surface area contributed by atoms with Crippen molar-refractivity contribution < 1.29 is 9.53 Å². The van der Waals surface area contributed by atoms with Crippen LogP contribution in [0, 0.1) is 6.92 Å². The molecule has 0 fully saturated rings. The number of imidazole rings is 1. The Bertz CT molecular complexity index is 807. The number of benzene rings is 2. The van der Waals surface area contributed by atoms with Gasteiger partial charge in [-0.2, -0.15) is 0 Å². The predicted molar refractivity (Wildman–Crippen MR) is 93.6 cm³/mol. The number of aromatic nitrogens is 2. The average molecular weight is 320 g/mol. The number of rotatable bonds is 5. The van der Waals surface area contributed by atoms with Crippen LogP contribution in [0.5, 0.6) is 0 Å². The van der Waals surface area contributed by atoms with Gasteiger partial charge in [-0.15, -0.1) is 0 Å². The van der Waals surface area contributed by atoms with Gasteiger partial charge in [0.15, 0.2) is 6.04 Å². The Labute approximate surface area is 141 Å². The zero-order chi connectivity index (χ0) is 16.9. The van der Waals surface area contributed by atoms with E-state index in [1.807, 2.05) is 62.5 Å². The first kappa shape index (κ1) is 16.0. The van der Waals surface area contributed by atoms with Crippen molar-refractivity contribution in [2.24, 2.45) is 0 Å². The lowest BCUT2D eigenvalue weighted by molar-refractivity contribution is -0.145. The third kappa shape index (κ3) is 3.38. The Morgan fingerprint density at radius 3 is 2.33 bits per heavy atom. The fourth-order valence-corrected chi connectivity index (χ4v) is 2.72. The van der Waals surface area contributed by atoms with Gasteiger partial charge in [0.25, 0.3) is 0 Å². The molecule has 4 nitrogen and oxygen atoms in total. The number of nitrogens with zero attached hydrogens (tertiary/aromatic N) is 2. The Balaban J connectivity index is 1.94. The monoisotopic (exact) mass is 320 g/mol. The molecule has 1 atom stereocenters. The molecule has 3 aromatic rings. The molecule has 0 saturated carbocycles. The van der Waals surface area contributed by atoms with Gasteiger partial charge >= 0.3 is 5.97 Å². The first-order valence-corrected chi connectivity index (χ1v) is 8.01.